The summed E-state index contributed by atoms with van der Waals surface area (Å²) >= 11 is 7.15. The number of halogens is 1. The number of carbonyl (C=O) groups is 1. The molecule has 1 aromatic carbocycles. The Kier molecular flexibility index (Phi) is 4.05. The normalized spacial score (nSPS) is 11.4. The van der Waals surface area contributed by atoms with Gasteiger partial charge < -0.3 is 5.11 Å². The van der Waals surface area contributed by atoms with Gasteiger partial charge in [0, 0.05) is 10.8 Å². The van der Waals surface area contributed by atoms with Gasteiger partial charge in [-0.05, 0) is 31.5 Å². The zero-order valence-electron chi connectivity index (χ0n) is 8.66. The SMILES string of the molecule is CC(C)(SCc1ccc(Cl)cc1)C(=O)O. The molecule has 0 aliphatic heterocycles. The highest BCUT2D eigenvalue weighted by Gasteiger charge is 2.27. The number of hydrogen-bond donors (Lipinski definition) is 1. The predicted molar refractivity (Wildman–Crippen MR) is 64.5 cm³/mol. The summed E-state index contributed by atoms with van der Waals surface area (Å²) in [7, 11) is 0. The van der Waals surface area contributed by atoms with Crippen molar-refractivity contribution in [2.45, 2.75) is 24.3 Å². The highest BCUT2D eigenvalue weighted by molar-refractivity contribution is 8.00. The van der Waals surface area contributed by atoms with Crippen molar-refractivity contribution in [3.8, 4) is 0 Å². The van der Waals surface area contributed by atoms with Gasteiger partial charge in [-0.3, -0.25) is 4.79 Å². The average molecular weight is 245 g/mol. The van der Waals surface area contributed by atoms with E-state index in [-0.39, 0.29) is 0 Å². The van der Waals surface area contributed by atoms with Crippen molar-refractivity contribution < 1.29 is 9.90 Å². The van der Waals surface area contributed by atoms with Crippen LogP contribution in [-0.2, 0) is 10.5 Å². The van der Waals surface area contributed by atoms with E-state index in [2.05, 4.69) is 0 Å². The zero-order valence-corrected chi connectivity index (χ0v) is 10.2. The lowest BCUT2D eigenvalue weighted by Gasteiger charge is -2.18. The summed E-state index contributed by atoms with van der Waals surface area (Å²) in [6.07, 6.45) is 0. The first kappa shape index (κ1) is 12.4. The molecule has 0 aliphatic rings. The summed E-state index contributed by atoms with van der Waals surface area (Å²) in [4.78, 5) is 10.9. The number of thioether (sulfide) groups is 1. The largest absolute Gasteiger partial charge is 0.480 e. The van der Waals surface area contributed by atoms with E-state index in [1.54, 1.807) is 13.8 Å². The molecule has 0 fully saturated rings. The quantitative estimate of drug-likeness (QED) is 0.882. The van der Waals surface area contributed by atoms with Gasteiger partial charge in [0.05, 0.1) is 0 Å². The molecule has 15 heavy (non-hydrogen) atoms. The fraction of sp³-hybridized carbons (Fsp3) is 0.364. The fourth-order valence-electron chi connectivity index (χ4n) is 0.906. The number of carboxylic acid groups (broad SMARTS) is 1. The Morgan fingerprint density at radius 3 is 2.40 bits per heavy atom. The highest BCUT2D eigenvalue weighted by Crippen LogP contribution is 2.28. The highest BCUT2D eigenvalue weighted by atomic mass is 35.5. The van der Waals surface area contributed by atoms with Crippen molar-refractivity contribution in [3.05, 3.63) is 34.9 Å². The lowest BCUT2D eigenvalue weighted by molar-refractivity contribution is -0.138. The Bertz CT molecular complexity index is 346. The number of carboxylic acids is 1. The van der Waals surface area contributed by atoms with E-state index in [1.165, 1.54) is 11.8 Å². The Balaban J connectivity index is 2.57. The zero-order chi connectivity index (χ0) is 11.5. The van der Waals surface area contributed by atoms with E-state index in [0.29, 0.717) is 10.8 Å². The van der Waals surface area contributed by atoms with Gasteiger partial charge in [-0.1, -0.05) is 23.7 Å². The predicted octanol–water partition coefficient (Wildman–Crippen LogP) is 3.44. The van der Waals surface area contributed by atoms with Gasteiger partial charge in [0.1, 0.15) is 4.75 Å². The van der Waals surface area contributed by atoms with Crippen LogP contribution in [0.1, 0.15) is 19.4 Å². The van der Waals surface area contributed by atoms with Crippen LogP contribution in [0.5, 0.6) is 0 Å². The van der Waals surface area contributed by atoms with Gasteiger partial charge in [0.25, 0.3) is 0 Å². The average Bonchev–Trinajstić information content (AvgIpc) is 2.17. The molecule has 0 spiro atoms. The van der Waals surface area contributed by atoms with E-state index < -0.39 is 10.7 Å². The van der Waals surface area contributed by atoms with Crippen molar-refractivity contribution in [3.63, 3.8) is 0 Å². The molecule has 0 saturated heterocycles. The second-order valence-corrected chi connectivity index (χ2v) is 5.77. The Morgan fingerprint density at radius 2 is 1.93 bits per heavy atom. The van der Waals surface area contributed by atoms with E-state index in [0.717, 1.165) is 5.56 Å². The van der Waals surface area contributed by atoms with Gasteiger partial charge in [0.15, 0.2) is 0 Å². The molecule has 0 saturated carbocycles. The molecule has 2 nitrogen and oxygen atoms in total. The van der Waals surface area contributed by atoms with Crippen LogP contribution in [0, 0.1) is 0 Å². The molecule has 1 N–H and O–H groups in total. The van der Waals surface area contributed by atoms with Crippen LogP contribution in [-0.4, -0.2) is 15.8 Å². The fourth-order valence-corrected chi connectivity index (χ4v) is 1.88. The first-order valence-corrected chi connectivity index (χ1v) is 5.90. The monoisotopic (exact) mass is 244 g/mol. The number of rotatable bonds is 4. The van der Waals surface area contributed by atoms with Crippen LogP contribution in [0.4, 0.5) is 0 Å². The van der Waals surface area contributed by atoms with Gasteiger partial charge in [-0.25, -0.2) is 0 Å². The third kappa shape index (κ3) is 3.76. The van der Waals surface area contributed by atoms with Crippen LogP contribution < -0.4 is 0 Å². The number of hydrogen-bond acceptors (Lipinski definition) is 2. The molecule has 0 atom stereocenters. The molecule has 0 radical (unpaired) electrons. The second kappa shape index (κ2) is 4.90. The first-order chi connectivity index (χ1) is 6.92. The standard InChI is InChI=1S/C11H13ClO2S/c1-11(2,10(13)14)15-7-8-3-5-9(12)6-4-8/h3-6H,7H2,1-2H3,(H,13,14). The Labute approximate surface area is 98.6 Å². The van der Waals surface area contributed by atoms with Gasteiger partial charge in [-0.2, -0.15) is 0 Å². The molecule has 4 heteroatoms. The van der Waals surface area contributed by atoms with Crippen LogP contribution in [0.2, 0.25) is 5.02 Å². The number of benzene rings is 1. The summed E-state index contributed by atoms with van der Waals surface area (Å²) in [6, 6.07) is 7.44. The summed E-state index contributed by atoms with van der Waals surface area (Å²) in [6.45, 7) is 3.41. The van der Waals surface area contributed by atoms with Gasteiger partial charge >= 0.3 is 5.97 Å². The molecule has 0 unspecified atom stereocenters. The molecule has 0 bridgehead atoms. The van der Waals surface area contributed by atoms with Gasteiger partial charge in [0.2, 0.25) is 0 Å². The molecule has 0 aromatic heterocycles. The van der Waals surface area contributed by atoms with E-state index in [9.17, 15) is 4.79 Å². The van der Waals surface area contributed by atoms with E-state index >= 15 is 0 Å². The minimum absolute atomic E-state index is 0.677. The number of aliphatic carboxylic acids is 1. The topological polar surface area (TPSA) is 37.3 Å². The first-order valence-electron chi connectivity index (χ1n) is 4.53. The third-order valence-electron chi connectivity index (χ3n) is 2.03. The molecule has 0 aliphatic carbocycles. The van der Waals surface area contributed by atoms with Crippen LogP contribution >= 0.6 is 23.4 Å². The smallest absolute Gasteiger partial charge is 0.319 e. The van der Waals surface area contributed by atoms with Crippen molar-refractivity contribution in [1.29, 1.82) is 0 Å². The lowest BCUT2D eigenvalue weighted by Crippen LogP contribution is -2.27. The van der Waals surface area contributed by atoms with Crippen LogP contribution in [0.15, 0.2) is 24.3 Å². The minimum atomic E-state index is -0.790. The Morgan fingerprint density at radius 1 is 1.40 bits per heavy atom. The van der Waals surface area contributed by atoms with E-state index in [4.69, 9.17) is 16.7 Å². The maximum absolute atomic E-state index is 10.9. The summed E-state index contributed by atoms with van der Waals surface area (Å²) in [5, 5.41) is 9.62. The molecule has 82 valence electrons. The Hall–Kier alpha value is -0.670. The molecular formula is C11H13ClO2S. The van der Waals surface area contributed by atoms with Crippen LogP contribution in [0.3, 0.4) is 0 Å². The maximum Gasteiger partial charge on any atom is 0.319 e. The summed E-state index contributed by atoms with van der Waals surface area (Å²) in [5.74, 6) is -0.113. The van der Waals surface area contributed by atoms with E-state index in [1.807, 2.05) is 24.3 Å². The summed E-state index contributed by atoms with van der Waals surface area (Å²) < 4.78 is -0.750. The van der Waals surface area contributed by atoms with Crippen LogP contribution in [0.25, 0.3) is 0 Å². The molecule has 1 rings (SSSR count). The lowest BCUT2D eigenvalue weighted by atomic mass is 10.2. The van der Waals surface area contributed by atoms with Crippen molar-refractivity contribution >= 4 is 29.3 Å². The molecule has 0 amide bonds. The molecular weight excluding hydrogens is 232 g/mol. The molecule has 0 heterocycles. The van der Waals surface area contributed by atoms with Crippen molar-refractivity contribution in [2.24, 2.45) is 0 Å². The second-order valence-electron chi connectivity index (χ2n) is 3.73. The van der Waals surface area contributed by atoms with Crippen molar-refractivity contribution in [1.82, 2.24) is 0 Å². The minimum Gasteiger partial charge on any atom is -0.480 e. The maximum atomic E-state index is 10.9. The van der Waals surface area contributed by atoms with Gasteiger partial charge in [-0.15, -0.1) is 11.8 Å². The molecule has 1 aromatic rings. The summed E-state index contributed by atoms with van der Waals surface area (Å²) in [5.41, 5.74) is 1.08. The van der Waals surface area contributed by atoms with Crippen molar-refractivity contribution in [2.75, 3.05) is 0 Å². The third-order valence-corrected chi connectivity index (χ3v) is 3.65.